The predicted octanol–water partition coefficient (Wildman–Crippen LogP) is -1.73. The molecule has 0 heterocycles. The van der Waals surface area contributed by atoms with E-state index in [0.717, 1.165) is 0 Å². The third kappa shape index (κ3) is 5.80. The average Bonchev–Trinajstić information content (AvgIpc) is 1.85. The molecular weight excluding hydrogens is 300 g/mol. The second kappa shape index (κ2) is 5.85. The fourth-order valence-corrected chi connectivity index (χ4v) is 1.02. The normalized spacial score (nSPS) is 10.2. The van der Waals surface area contributed by atoms with Gasteiger partial charge in [-0.25, -0.2) is 4.57 Å². The average molecular weight is 308 g/mol. The second-order valence-electron chi connectivity index (χ2n) is 1.89. The Morgan fingerprint density at radius 1 is 1.25 bits per heavy atom. The quantitative estimate of drug-likeness (QED) is 0.638. The van der Waals surface area contributed by atoms with E-state index >= 15 is 0 Å². The largest absolute Gasteiger partial charge is 1.00 e. The van der Waals surface area contributed by atoms with Gasteiger partial charge >= 0.3 is 76.7 Å². The van der Waals surface area contributed by atoms with E-state index < -0.39 is 7.82 Å². The van der Waals surface area contributed by atoms with Crippen molar-refractivity contribution in [3.63, 3.8) is 0 Å². The van der Waals surface area contributed by atoms with Crippen LogP contribution in [0, 0.1) is 0 Å². The van der Waals surface area contributed by atoms with Gasteiger partial charge in [0.2, 0.25) is 0 Å². The number of para-hydroxylation sites is 1. The zero-order valence-corrected chi connectivity index (χ0v) is 13.7. The molecule has 1 aromatic rings. The summed E-state index contributed by atoms with van der Waals surface area (Å²) in [5, 5.41) is 0. The number of benzene rings is 1. The summed E-state index contributed by atoms with van der Waals surface area (Å²) in [5.74, 6) is 0.167. The van der Waals surface area contributed by atoms with E-state index in [1.165, 1.54) is 12.1 Å². The van der Waals surface area contributed by atoms with E-state index in [4.69, 9.17) is 9.79 Å². The Bertz CT molecular complexity index is 275. The molecule has 1 rings (SSSR count). The van der Waals surface area contributed by atoms with E-state index in [0.29, 0.717) is 0 Å². The van der Waals surface area contributed by atoms with Crippen LogP contribution in [0.25, 0.3) is 0 Å². The van der Waals surface area contributed by atoms with Crippen molar-refractivity contribution in [2.75, 3.05) is 0 Å². The third-order valence-electron chi connectivity index (χ3n) is 0.968. The third-order valence-corrected chi connectivity index (χ3v) is 1.42. The number of phosphoric ester groups is 1. The smallest absolute Gasteiger partial charge is 1.00 e. The molecule has 1 aromatic carbocycles. The van der Waals surface area contributed by atoms with Crippen LogP contribution in [-0.4, -0.2) is 9.79 Å². The van der Waals surface area contributed by atoms with Crippen molar-refractivity contribution in [3.05, 3.63) is 30.3 Å². The number of hydrogen-bond acceptors (Lipinski definition) is 2. The Labute approximate surface area is 130 Å². The van der Waals surface area contributed by atoms with Crippen LogP contribution in [0.3, 0.4) is 0 Å². The van der Waals surface area contributed by atoms with Crippen molar-refractivity contribution in [1.29, 1.82) is 0 Å². The minimum atomic E-state index is -4.39. The first-order valence-corrected chi connectivity index (χ1v) is 4.41. The molecular formula is C6H8CsO4P. The van der Waals surface area contributed by atoms with Gasteiger partial charge in [0.1, 0.15) is 5.75 Å². The van der Waals surface area contributed by atoms with E-state index in [9.17, 15) is 4.57 Å². The molecule has 2 N–H and O–H groups in total. The van der Waals surface area contributed by atoms with Gasteiger partial charge in [-0.1, -0.05) is 18.2 Å². The Hall–Kier alpha value is 1.22. The molecule has 0 aliphatic carbocycles. The van der Waals surface area contributed by atoms with E-state index in [1.807, 2.05) is 0 Å². The maximum atomic E-state index is 10.3. The molecule has 0 radical (unpaired) electrons. The summed E-state index contributed by atoms with van der Waals surface area (Å²) in [7, 11) is -4.39. The minimum absolute atomic E-state index is 0. The molecule has 0 unspecified atom stereocenters. The van der Waals surface area contributed by atoms with Gasteiger partial charge in [-0.15, -0.1) is 0 Å². The summed E-state index contributed by atoms with van der Waals surface area (Å²) in [5.41, 5.74) is 0. The molecule has 0 amide bonds. The van der Waals surface area contributed by atoms with Gasteiger partial charge in [-0.2, -0.15) is 0 Å². The molecule has 0 aromatic heterocycles. The number of phosphoric acid groups is 1. The van der Waals surface area contributed by atoms with Crippen molar-refractivity contribution in [2.24, 2.45) is 0 Å². The van der Waals surface area contributed by atoms with E-state index in [2.05, 4.69) is 4.52 Å². The monoisotopic (exact) mass is 308 g/mol. The molecule has 0 saturated heterocycles. The standard InChI is InChI=1S/C6H7O4P.Cs.H/c7-11(8,9)10-6-4-2-1-3-5-6;;/h1-5H,(H2,7,8,9);;/q;+1;-1. The second-order valence-corrected chi connectivity index (χ2v) is 3.06. The molecule has 0 bridgehead atoms. The van der Waals surface area contributed by atoms with Gasteiger partial charge in [0.15, 0.2) is 0 Å². The molecule has 0 fully saturated rings. The van der Waals surface area contributed by atoms with Crippen LogP contribution in [-0.2, 0) is 4.57 Å². The van der Waals surface area contributed by atoms with Crippen LogP contribution in [0.1, 0.15) is 1.43 Å². The number of rotatable bonds is 2. The Kier molecular flexibility index (Phi) is 6.44. The summed E-state index contributed by atoms with van der Waals surface area (Å²) in [6.07, 6.45) is 0. The molecule has 0 aliphatic rings. The summed E-state index contributed by atoms with van der Waals surface area (Å²) < 4.78 is 14.5. The van der Waals surface area contributed by atoms with Gasteiger partial charge in [0.05, 0.1) is 0 Å². The van der Waals surface area contributed by atoms with Crippen LogP contribution in [0.15, 0.2) is 30.3 Å². The van der Waals surface area contributed by atoms with Crippen molar-refractivity contribution in [1.82, 2.24) is 0 Å². The molecule has 12 heavy (non-hydrogen) atoms. The summed E-state index contributed by atoms with van der Waals surface area (Å²) >= 11 is 0. The Morgan fingerprint density at radius 3 is 2.17 bits per heavy atom. The molecule has 0 atom stereocenters. The molecule has 4 nitrogen and oxygen atoms in total. The van der Waals surface area contributed by atoms with Crippen molar-refractivity contribution in [2.45, 2.75) is 0 Å². The van der Waals surface area contributed by atoms with Gasteiger partial charge in [-0.3, -0.25) is 9.79 Å². The maximum Gasteiger partial charge on any atom is 1.00 e. The van der Waals surface area contributed by atoms with Gasteiger partial charge in [-0.05, 0) is 12.1 Å². The first-order chi connectivity index (χ1) is 5.08. The minimum Gasteiger partial charge on any atom is -1.00 e. The van der Waals surface area contributed by atoms with Crippen molar-refractivity contribution >= 4 is 7.82 Å². The molecule has 0 saturated carbocycles. The number of hydrogen-bond donors (Lipinski definition) is 2. The molecule has 6 heteroatoms. The first kappa shape index (κ1) is 13.2. The first-order valence-electron chi connectivity index (χ1n) is 2.88. The molecule has 0 aliphatic heterocycles. The van der Waals surface area contributed by atoms with Gasteiger partial charge in [0, 0.05) is 0 Å². The molecule has 0 spiro atoms. The van der Waals surface area contributed by atoms with Crippen molar-refractivity contribution < 1.29 is 89.2 Å². The fourth-order valence-electron chi connectivity index (χ4n) is 0.619. The molecule has 62 valence electrons. The van der Waals surface area contributed by atoms with Crippen LogP contribution in [0.4, 0.5) is 0 Å². The summed E-state index contributed by atoms with van der Waals surface area (Å²) in [6, 6.07) is 7.93. The van der Waals surface area contributed by atoms with Gasteiger partial charge < -0.3 is 5.95 Å². The summed E-state index contributed by atoms with van der Waals surface area (Å²) in [6.45, 7) is 0. The Balaban J connectivity index is 0. The zero-order valence-electron chi connectivity index (χ0n) is 7.54. The predicted molar refractivity (Wildman–Crippen MR) is 40.2 cm³/mol. The Morgan fingerprint density at radius 2 is 1.75 bits per heavy atom. The van der Waals surface area contributed by atoms with Crippen molar-refractivity contribution in [3.8, 4) is 5.75 Å². The van der Waals surface area contributed by atoms with Crippen LogP contribution < -0.4 is 73.4 Å². The van der Waals surface area contributed by atoms with E-state index in [-0.39, 0.29) is 76.1 Å². The summed E-state index contributed by atoms with van der Waals surface area (Å²) in [4.78, 5) is 16.7. The SMILES string of the molecule is O=P(O)(O)Oc1ccccc1.[Cs+].[H-]. The van der Waals surface area contributed by atoms with Gasteiger partial charge in [0.25, 0.3) is 0 Å². The van der Waals surface area contributed by atoms with Crippen LogP contribution >= 0.6 is 7.82 Å². The zero-order chi connectivity index (χ0) is 8.32. The topological polar surface area (TPSA) is 66.8 Å². The van der Waals surface area contributed by atoms with Crippen LogP contribution in [0.2, 0.25) is 0 Å². The maximum absolute atomic E-state index is 10.3. The fraction of sp³-hybridized carbons (Fsp3) is 0. The van der Waals surface area contributed by atoms with Crippen LogP contribution in [0.5, 0.6) is 5.75 Å². The van der Waals surface area contributed by atoms with E-state index in [1.54, 1.807) is 18.2 Å².